The van der Waals surface area contributed by atoms with Gasteiger partial charge in [-0.1, -0.05) is 18.2 Å². The maximum Gasteiger partial charge on any atom is 0.339 e. The highest BCUT2D eigenvalue weighted by atomic mass is 16.5. The van der Waals surface area contributed by atoms with Gasteiger partial charge < -0.3 is 19.7 Å². The second-order valence-corrected chi connectivity index (χ2v) is 4.79. The van der Waals surface area contributed by atoms with Crippen LogP contribution in [0.15, 0.2) is 42.5 Å². The summed E-state index contributed by atoms with van der Waals surface area (Å²) >= 11 is 0. The maximum atomic E-state index is 12.2. The van der Waals surface area contributed by atoms with Crippen LogP contribution >= 0.6 is 0 Å². The van der Waals surface area contributed by atoms with Crippen LogP contribution in [-0.2, 0) is 0 Å². The van der Waals surface area contributed by atoms with Crippen molar-refractivity contribution in [2.45, 2.75) is 0 Å². The molecule has 0 bridgehead atoms. The van der Waals surface area contributed by atoms with Gasteiger partial charge in [0.2, 0.25) is 0 Å². The summed E-state index contributed by atoms with van der Waals surface area (Å²) in [5.41, 5.74) is 0.600. The predicted molar refractivity (Wildman–Crippen MR) is 88.0 cm³/mol. The van der Waals surface area contributed by atoms with Crippen LogP contribution in [0.4, 0.5) is 0 Å². The van der Waals surface area contributed by atoms with Crippen molar-refractivity contribution in [3.05, 3.63) is 59.2 Å². The molecule has 0 aliphatic heterocycles. The number of phenols is 1. The number of carboxylic acids is 1. The normalized spacial score (nSPS) is 10.6. The molecule has 2 aromatic carbocycles. The largest absolute Gasteiger partial charge is 0.507 e. The Morgan fingerprint density at radius 1 is 0.958 bits per heavy atom. The van der Waals surface area contributed by atoms with E-state index in [0.717, 1.165) is 0 Å². The van der Waals surface area contributed by atoms with E-state index in [1.54, 1.807) is 12.1 Å². The molecule has 0 amide bonds. The molecule has 0 radical (unpaired) electrons. The number of carboxylic acid groups (broad SMARTS) is 1. The lowest BCUT2D eigenvalue weighted by molar-refractivity contribution is 0.0692. The van der Waals surface area contributed by atoms with E-state index in [0.29, 0.717) is 5.56 Å². The average molecular weight is 328 g/mol. The zero-order chi connectivity index (χ0) is 17.7. The molecule has 0 atom stereocenters. The number of aromatic carboxylic acids is 1. The Labute approximate surface area is 138 Å². The van der Waals surface area contributed by atoms with Gasteiger partial charge in [0.05, 0.1) is 19.8 Å². The first-order valence-electron chi connectivity index (χ1n) is 6.98. The summed E-state index contributed by atoms with van der Waals surface area (Å²) in [6, 6.07) is 9.08. The number of rotatable bonds is 6. The monoisotopic (exact) mass is 328 g/mol. The second-order valence-electron chi connectivity index (χ2n) is 4.79. The molecule has 2 aromatic rings. The number of ether oxygens (including phenoxy) is 2. The first-order valence-corrected chi connectivity index (χ1v) is 6.98. The van der Waals surface area contributed by atoms with Gasteiger partial charge >= 0.3 is 5.97 Å². The average Bonchev–Trinajstić information content (AvgIpc) is 2.58. The Bertz CT molecular complexity index is 807. The SMILES string of the molecule is COc1c(C=CC(=O)c2ccccc2O)ccc(C(=O)O)c1OC. The molecular weight excluding hydrogens is 312 g/mol. The Kier molecular flexibility index (Phi) is 5.21. The van der Waals surface area contributed by atoms with Gasteiger partial charge in [-0.05, 0) is 30.4 Å². The molecule has 0 saturated heterocycles. The quantitative estimate of drug-likeness (QED) is 0.625. The van der Waals surface area contributed by atoms with Crippen LogP contribution < -0.4 is 9.47 Å². The minimum absolute atomic E-state index is 0.0430. The summed E-state index contributed by atoms with van der Waals surface area (Å²) < 4.78 is 10.3. The summed E-state index contributed by atoms with van der Waals surface area (Å²) in [6.07, 6.45) is 2.74. The number of carbonyl (C=O) groups is 2. The summed E-state index contributed by atoms with van der Waals surface area (Å²) in [5.74, 6) is -1.37. The van der Waals surface area contributed by atoms with Gasteiger partial charge in [0, 0.05) is 5.56 Å². The van der Waals surface area contributed by atoms with E-state index >= 15 is 0 Å². The van der Waals surface area contributed by atoms with Crippen LogP contribution in [0.3, 0.4) is 0 Å². The lowest BCUT2D eigenvalue weighted by Crippen LogP contribution is -2.03. The number of hydrogen-bond acceptors (Lipinski definition) is 5. The van der Waals surface area contributed by atoms with E-state index in [4.69, 9.17) is 14.6 Å². The van der Waals surface area contributed by atoms with E-state index < -0.39 is 11.8 Å². The molecule has 0 aromatic heterocycles. The van der Waals surface area contributed by atoms with Gasteiger partial charge in [-0.15, -0.1) is 0 Å². The summed E-state index contributed by atoms with van der Waals surface area (Å²) in [4.78, 5) is 23.4. The van der Waals surface area contributed by atoms with E-state index in [1.807, 2.05) is 0 Å². The van der Waals surface area contributed by atoms with Gasteiger partial charge in [-0.2, -0.15) is 0 Å². The molecule has 0 saturated carbocycles. The Balaban J connectivity index is 2.41. The summed E-state index contributed by atoms with van der Waals surface area (Å²) in [6.45, 7) is 0. The highest BCUT2D eigenvalue weighted by Crippen LogP contribution is 2.35. The van der Waals surface area contributed by atoms with Gasteiger partial charge in [0.25, 0.3) is 0 Å². The molecule has 2 N–H and O–H groups in total. The van der Waals surface area contributed by atoms with Crippen molar-refractivity contribution in [3.63, 3.8) is 0 Å². The fourth-order valence-electron chi connectivity index (χ4n) is 2.23. The van der Waals surface area contributed by atoms with Gasteiger partial charge in [-0.25, -0.2) is 4.79 Å². The number of ketones is 1. The lowest BCUT2D eigenvalue weighted by atomic mass is 10.1. The molecule has 6 heteroatoms. The van der Waals surface area contributed by atoms with Gasteiger partial charge in [-0.3, -0.25) is 4.79 Å². The second kappa shape index (κ2) is 7.32. The minimum Gasteiger partial charge on any atom is -0.507 e. The number of phenolic OH excluding ortho intramolecular Hbond substituents is 1. The summed E-state index contributed by atoms with van der Waals surface area (Å²) in [5, 5.41) is 18.9. The molecule has 0 aliphatic carbocycles. The van der Waals surface area contributed by atoms with E-state index in [-0.39, 0.29) is 28.4 Å². The smallest absolute Gasteiger partial charge is 0.339 e. The molecule has 0 spiro atoms. The molecule has 0 heterocycles. The Morgan fingerprint density at radius 3 is 2.21 bits per heavy atom. The third kappa shape index (κ3) is 3.38. The van der Waals surface area contributed by atoms with Crippen molar-refractivity contribution in [1.29, 1.82) is 0 Å². The topological polar surface area (TPSA) is 93.1 Å². The van der Waals surface area contributed by atoms with Crippen molar-refractivity contribution in [1.82, 2.24) is 0 Å². The first kappa shape index (κ1) is 17.1. The van der Waals surface area contributed by atoms with Crippen molar-refractivity contribution in [3.8, 4) is 17.2 Å². The number of allylic oxidation sites excluding steroid dienone is 1. The standard InChI is InChI=1S/C18H16O6/c1-23-16-11(7-9-13(18(21)22)17(16)24-2)8-10-15(20)12-5-3-4-6-14(12)19/h3-10,19H,1-2H3,(H,21,22). The fraction of sp³-hybridized carbons (Fsp3) is 0.111. The number of methoxy groups -OCH3 is 2. The molecular formula is C18H16O6. The number of benzene rings is 2. The van der Waals surface area contributed by atoms with Gasteiger partial charge in [0.15, 0.2) is 17.3 Å². The van der Waals surface area contributed by atoms with Crippen molar-refractivity contribution in [2.24, 2.45) is 0 Å². The van der Waals surface area contributed by atoms with Gasteiger partial charge in [0.1, 0.15) is 11.3 Å². The maximum absolute atomic E-state index is 12.2. The Morgan fingerprint density at radius 2 is 1.62 bits per heavy atom. The highest BCUT2D eigenvalue weighted by Gasteiger charge is 2.18. The van der Waals surface area contributed by atoms with Crippen LogP contribution in [0.1, 0.15) is 26.3 Å². The van der Waals surface area contributed by atoms with Crippen molar-refractivity contribution >= 4 is 17.8 Å². The Hall–Kier alpha value is -3.28. The highest BCUT2D eigenvalue weighted by molar-refractivity contribution is 6.08. The van der Waals surface area contributed by atoms with Crippen molar-refractivity contribution < 1.29 is 29.3 Å². The minimum atomic E-state index is -1.15. The molecule has 2 rings (SSSR count). The van der Waals surface area contributed by atoms with Crippen LogP contribution in [0.5, 0.6) is 17.2 Å². The zero-order valence-electron chi connectivity index (χ0n) is 13.1. The molecule has 24 heavy (non-hydrogen) atoms. The van der Waals surface area contributed by atoms with Crippen molar-refractivity contribution in [2.75, 3.05) is 14.2 Å². The molecule has 0 fully saturated rings. The molecule has 0 aliphatic rings. The van der Waals surface area contributed by atoms with E-state index in [1.165, 1.54) is 50.6 Å². The third-order valence-corrected chi connectivity index (χ3v) is 3.37. The number of aromatic hydroxyl groups is 1. The van der Waals surface area contributed by atoms with Crippen LogP contribution in [0.25, 0.3) is 6.08 Å². The molecule has 6 nitrogen and oxygen atoms in total. The first-order chi connectivity index (χ1) is 11.5. The number of hydrogen-bond donors (Lipinski definition) is 2. The zero-order valence-corrected chi connectivity index (χ0v) is 13.1. The van der Waals surface area contributed by atoms with E-state index in [2.05, 4.69) is 0 Å². The third-order valence-electron chi connectivity index (χ3n) is 3.37. The number of para-hydroxylation sites is 1. The lowest BCUT2D eigenvalue weighted by Gasteiger charge is -2.12. The van der Waals surface area contributed by atoms with E-state index in [9.17, 15) is 14.7 Å². The fourth-order valence-corrected chi connectivity index (χ4v) is 2.23. The molecule has 124 valence electrons. The molecule has 0 unspecified atom stereocenters. The summed E-state index contributed by atoms with van der Waals surface area (Å²) in [7, 11) is 2.72. The van der Waals surface area contributed by atoms with Crippen LogP contribution in [0.2, 0.25) is 0 Å². The number of carbonyl (C=O) groups excluding carboxylic acids is 1. The van der Waals surface area contributed by atoms with Crippen LogP contribution in [-0.4, -0.2) is 36.2 Å². The van der Waals surface area contributed by atoms with Crippen LogP contribution in [0, 0.1) is 0 Å². The predicted octanol–water partition coefficient (Wildman–Crippen LogP) is 3.00.